The molecule has 5 nitrogen and oxygen atoms in total. The van der Waals surface area contributed by atoms with Crippen molar-refractivity contribution in [2.75, 3.05) is 0 Å². The molecular weight excluding hydrogens is 274 g/mol. The molecule has 6 heteroatoms. The van der Waals surface area contributed by atoms with Gasteiger partial charge in [-0.25, -0.2) is 14.8 Å². The summed E-state index contributed by atoms with van der Waals surface area (Å²) in [6.45, 7) is 9.32. The number of pyridine rings is 2. The molecule has 98 valence electrons. The molecule has 0 atom stereocenters. The maximum atomic E-state index is 6.91. The van der Waals surface area contributed by atoms with Crippen LogP contribution in [0.4, 0.5) is 5.69 Å². The summed E-state index contributed by atoms with van der Waals surface area (Å²) in [5, 5.41) is 0.383. The first-order chi connectivity index (χ1) is 9.67. The van der Waals surface area contributed by atoms with E-state index in [1.807, 2.05) is 29.7 Å². The van der Waals surface area contributed by atoms with Crippen LogP contribution in [0.15, 0.2) is 30.5 Å². The summed E-state index contributed by atoms with van der Waals surface area (Å²) < 4.78 is 1.81. The van der Waals surface area contributed by atoms with Gasteiger partial charge in [-0.3, -0.25) is 9.55 Å². The van der Waals surface area contributed by atoms with E-state index in [2.05, 4.69) is 19.8 Å². The van der Waals surface area contributed by atoms with Crippen molar-refractivity contribution < 1.29 is 0 Å². The van der Waals surface area contributed by atoms with E-state index in [0.717, 1.165) is 22.6 Å². The van der Waals surface area contributed by atoms with Crippen LogP contribution in [0.1, 0.15) is 11.4 Å². The van der Waals surface area contributed by atoms with E-state index >= 15 is 0 Å². The molecule has 0 aliphatic heterocycles. The monoisotopic (exact) mass is 283 g/mol. The minimum atomic E-state index is 0.383. The second kappa shape index (κ2) is 4.91. The largest absolute Gasteiger partial charge is 0.293 e. The van der Waals surface area contributed by atoms with Gasteiger partial charge >= 0.3 is 0 Å². The molecule has 0 saturated carbocycles. The highest BCUT2D eigenvalue weighted by Crippen LogP contribution is 2.20. The second-order valence-electron chi connectivity index (χ2n) is 4.38. The molecular formula is C14H10ClN5. The number of halogens is 1. The number of aromatic nitrogens is 4. The number of aryl methyl sites for hydroxylation is 1. The average Bonchev–Trinajstić information content (AvgIpc) is 2.76. The van der Waals surface area contributed by atoms with Crippen molar-refractivity contribution in [2.24, 2.45) is 0 Å². The lowest BCUT2D eigenvalue weighted by Gasteiger charge is -2.05. The molecule has 0 spiro atoms. The molecule has 0 aliphatic carbocycles. The highest BCUT2D eigenvalue weighted by molar-refractivity contribution is 6.29. The Hall–Kier alpha value is -2.45. The molecule has 0 fully saturated rings. The molecule has 0 saturated heterocycles. The van der Waals surface area contributed by atoms with Gasteiger partial charge in [0, 0.05) is 11.9 Å². The molecule has 0 N–H and O–H groups in total. The maximum absolute atomic E-state index is 6.91. The predicted molar refractivity (Wildman–Crippen MR) is 76.9 cm³/mol. The van der Waals surface area contributed by atoms with Gasteiger partial charge in [-0.05, 0) is 36.7 Å². The van der Waals surface area contributed by atoms with Gasteiger partial charge in [-0.15, -0.1) is 0 Å². The average molecular weight is 284 g/mol. The fourth-order valence-corrected chi connectivity index (χ4v) is 2.18. The number of fused-ring (bicyclic) bond motifs is 1. The first kappa shape index (κ1) is 12.6. The highest BCUT2D eigenvalue weighted by atomic mass is 35.5. The van der Waals surface area contributed by atoms with Crippen molar-refractivity contribution >= 4 is 28.5 Å². The van der Waals surface area contributed by atoms with Crippen molar-refractivity contribution in [3.63, 3.8) is 0 Å². The van der Waals surface area contributed by atoms with E-state index in [0.29, 0.717) is 17.5 Å². The summed E-state index contributed by atoms with van der Waals surface area (Å²) >= 11 is 6.16. The molecule has 0 aromatic carbocycles. The molecule has 0 amide bonds. The van der Waals surface area contributed by atoms with Crippen LogP contribution in [-0.4, -0.2) is 19.5 Å². The van der Waals surface area contributed by atoms with Crippen LogP contribution in [0.2, 0.25) is 5.28 Å². The minimum absolute atomic E-state index is 0.383. The van der Waals surface area contributed by atoms with Crippen molar-refractivity contribution in [2.45, 2.75) is 13.5 Å². The van der Waals surface area contributed by atoms with E-state index in [1.165, 1.54) is 0 Å². The van der Waals surface area contributed by atoms with Gasteiger partial charge in [0.25, 0.3) is 0 Å². The summed E-state index contributed by atoms with van der Waals surface area (Å²) in [4.78, 5) is 16.3. The van der Waals surface area contributed by atoms with Gasteiger partial charge in [0.05, 0.1) is 18.8 Å². The molecule has 3 aromatic heterocycles. The van der Waals surface area contributed by atoms with Gasteiger partial charge in [0.2, 0.25) is 11.0 Å². The minimum Gasteiger partial charge on any atom is -0.293 e. The molecule has 3 rings (SSSR count). The van der Waals surface area contributed by atoms with Gasteiger partial charge in [0.1, 0.15) is 5.52 Å². The Kier molecular flexibility index (Phi) is 3.09. The standard InChI is InChI=1S/C14H10ClN5/c1-9-3-6-12-13(18-9)20(14(15)19-12)8-11-5-4-10(16-2)7-17-11/h3-7H,8H2,1H3. The van der Waals surface area contributed by atoms with Crippen LogP contribution in [0.5, 0.6) is 0 Å². The number of imidazole rings is 1. The van der Waals surface area contributed by atoms with Gasteiger partial charge in [-0.1, -0.05) is 6.07 Å². The van der Waals surface area contributed by atoms with Gasteiger partial charge < -0.3 is 0 Å². The van der Waals surface area contributed by atoms with E-state index < -0.39 is 0 Å². The second-order valence-corrected chi connectivity index (χ2v) is 4.72. The lowest BCUT2D eigenvalue weighted by molar-refractivity contribution is 0.789. The summed E-state index contributed by atoms with van der Waals surface area (Å²) in [6.07, 6.45) is 1.55. The molecule has 0 bridgehead atoms. The fraction of sp³-hybridized carbons (Fsp3) is 0.143. The molecule has 3 aromatic rings. The van der Waals surface area contributed by atoms with Crippen LogP contribution in [0.3, 0.4) is 0 Å². The zero-order valence-electron chi connectivity index (χ0n) is 10.7. The predicted octanol–water partition coefficient (Wildman–Crippen LogP) is 3.39. The van der Waals surface area contributed by atoms with Crippen LogP contribution < -0.4 is 0 Å². The van der Waals surface area contributed by atoms with Gasteiger partial charge in [0.15, 0.2) is 5.65 Å². The summed E-state index contributed by atoms with van der Waals surface area (Å²) in [5.41, 5.74) is 3.74. The Labute approximate surface area is 120 Å². The number of hydrogen-bond acceptors (Lipinski definition) is 3. The fourth-order valence-electron chi connectivity index (χ4n) is 1.95. The first-order valence-electron chi connectivity index (χ1n) is 5.99. The highest BCUT2D eigenvalue weighted by Gasteiger charge is 2.11. The number of nitrogens with zero attached hydrogens (tertiary/aromatic N) is 5. The van der Waals surface area contributed by atoms with Crippen molar-refractivity contribution in [1.82, 2.24) is 19.5 Å². The van der Waals surface area contributed by atoms with Gasteiger partial charge in [-0.2, -0.15) is 0 Å². The van der Waals surface area contributed by atoms with Crippen molar-refractivity contribution in [3.8, 4) is 0 Å². The van der Waals surface area contributed by atoms with Crippen molar-refractivity contribution in [1.29, 1.82) is 0 Å². The third kappa shape index (κ3) is 2.22. The lowest BCUT2D eigenvalue weighted by Crippen LogP contribution is -2.03. The van der Waals surface area contributed by atoms with E-state index in [-0.39, 0.29) is 0 Å². The summed E-state index contributed by atoms with van der Waals surface area (Å²) in [6, 6.07) is 7.35. The summed E-state index contributed by atoms with van der Waals surface area (Å²) in [5.74, 6) is 0. The van der Waals surface area contributed by atoms with E-state index in [1.54, 1.807) is 12.3 Å². The molecule has 0 radical (unpaired) electrons. The normalized spacial score (nSPS) is 10.7. The zero-order valence-corrected chi connectivity index (χ0v) is 11.5. The Morgan fingerprint density at radius 1 is 1.25 bits per heavy atom. The van der Waals surface area contributed by atoms with Crippen LogP contribution >= 0.6 is 11.6 Å². The Bertz CT molecular complexity index is 814. The summed E-state index contributed by atoms with van der Waals surface area (Å²) in [7, 11) is 0. The topological polar surface area (TPSA) is 48.0 Å². The maximum Gasteiger partial charge on any atom is 0.205 e. The Morgan fingerprint density at radius 2 is 2.10 bits per heavy atom. The third-order valence-electron chi connectivity index (χ3n) is 2.94. The van der Waals surface area contributed by atoms with Crippen molar-refractivity contribution in [3.05, 3.63) is 58.6 Å². The van der Waals surface area contributed by atoms with Crippen LogP contribution in [0, 0.1) is 13.5 Å². The number of rotatable bonds is 2. The molecule has 3 heterocycles. The SMILES string of the molecule is [C-]#[N+]c1ccc(Cn2c(Cl)nc3ccc(C)nc32)nc1. The molecule has 20 heavy (non-hydrogen) atoms. The quantitative estimate of drug-likeness (QED) is 0.677. The number of hydrogen-bond donors (Lipinski definition) is 0. The Balaban J connectivity index is 2.03. The zero-order chi connectivity index (χ0) is 14.1. The molecule has 0 unspecified atom stereocenters. The van der Waals surface area contributed by atoms with Crippen LogP contribution in [0.25, 0.3) is 16.0 Å². The van der Waals surface area contributed by atoms with E-state index in [4.69, 9.17) is 18.2 Å². The first-order valence-corrected chi connectivity index (χ1v) is 6.37. The van der Waals surface area contributed by atoms with Crippen LogP contribution in [-0.2, 0) is 6.54 Å². The Morgan fingerprint density at radius 3 is 2.80 bits per heavy atom. The third-order valence-corrected chi connectivity index (χ3v) is 3.23. The smallest absolute Gasteiger partial charge is 0.205 e. The van der Waals surface area contributed by atoms with E-state index in [9.17, 15) is 0 Å². The molecule has 0 aliphatic rings. The lowest BCUT2D eigenvalue weighted by atomic mass is 10.3.